The van der Waals surface area contributed by atoms with Crippen molar-refractivity contribution in [2.75, 3.05) is 23.8 Å². The van der Waals surface area contributed by atoms with Gasteiger partial charge in [-0.05, 0) is 141 Å². The monoisotopic (exact) mass is 1680 g/mol. The molecular formula is C67H49Cl2F15N18O6S4. The normalized spacial score (nSPS) is 11.6. The van der Waals surface area contributed by atoms with E-state index in [9.17, 15) is 85.0 Å². The van der Waals surface area contributed by atoms with Gasteiger partial charge in [0.25, 0.3) is 11.8 Å². The van der Waals surface area contributed by atoms with Gasteiger partial charge < -0.3 is 36.5 Å². The molecule has 0 radical (unpaired) electrons. The van der Waals surface area contributed by atoms with Gasteiger partial charge in [0.2, 0.25) is 22.5 Å². The minimum absolute atomic E-state index is 0.0124. The number of anilines is 2. The minimum Gasteiger partial charge on any atom is -0.461 e. The Morgan fingerprint density at radius 1 is 0.366 bits per heavy atom. The van der Waals surface area contributed by atoms with Crippen molar-refractivity contribution < 1.29 is 94.5 Å². The molecule has 13 aromatic rings. The summed E-state index contributed by atoms with van der Waals surface area (Å²) >= 11 is 16.7. The van der Waals surface area contributed by atoms with Crippen LogP contribution in [0.1, 0.15) is 112 Å². The molecule has 0 aliphatic heterocycles. The molecule has 13 rings (SSSR count). The standard InChI is InChI=1S/C21H14F6N6OS.C16H13F3N4O2S.C14H8ClF3N4OS.C9H7ClN2O2S.C7H7F3N2/c22-20(23,24)14-3-1-11(7-28-14)9-30-18(34)16-17-13(5-6-35-17)32-19(33-16)31-10-12-2-4-15(29-8-12)21(25,26)27;1-2-25-14(24)12-13-10(5-6-26-13)22-15(23-12)21-8-9-3-4-11(20-7-9)16(17,18)19;15-13-21-8-3-4-24-11(8)10(22-13)12(23)20-6-7-1-2-9(19-5-7)14(16,17)18;1-2-14-8(13)6-7-5(3-4-15-7)11-9(10)12-6;8-7(9,10)6-2-1-5(3-11)4-12-6/h1-8H,9-10H2,(H,30,34)(H,31,32,33);3-7H,2,8H2,1H3,(H,21,22,23);1-5H,6H2,(H,20,23);3-4H,2H2,1H3;1-2,4H,3,11H2. The Balaban J connectivity index is 0.000000168. The molecule has 0 aliphatic rings. The molecule has 0 aliphatic carbocycles. The average molecular weight is 1690 g/mol. The molecule has 0 saturated carbocycles. The number of halogens is 17. The molecule has 0 bridgehead atoms. The Labute approximate surface area is 645 Å². The number of fused-ring (bicyclic) bond motifs is 4. The maximum absolute atomic E-state index is 12.8. The average Bonchev–Trinajstić information content (AvgIpc) is 1.65. The van der Waals surface area contributed by atoms with Crippen LogP contribution in [0.5, 0.6) is 0 Å². The number of carbonyl (C=O) groups excluding carboxylic acids is 4. The lowest BCUT2D eigenvalue weighted by atomic mass is 10.2. The van der Waals surface area contributed by atoms with Crippen LogP contribution in [0, 0.1) is 0 Å². The van der Waals surface area contributed by atoms with Gasteiger partial charge in [0.1, 0.15) is 28.5 Å². The SMILES string of the molecule is CCOC(=O)c1nc(Cl)nc2ccsc12.CCOC(=O)c1nc(NCc2ccc(C(F)(F)F)nc2)nc2ccsc12.NCc1ccc(C(F)(F)F)nc1.O=C(NCc1ccc(C(F)(F)F)nc1)c1nc(Cl)nc2ccsc12.O=C(NCc1ccc(C(F)(F)F)nc1)c1nc(NCc2ccc(C(F)(F)F)nc2)nc2ccsc12. The Morgan fingerprint density at radius 2 is 0.634 bits per heavy atom. The molecule has 24 nitrogen and oxygen atoms in total. The second kappa shape index (κ2) is 37.3. The van der Waals surface area contributed by atoms with Crippen molar-refractivity contribution in [3.63, 3.8) is 0 Å². The number of aromatic nitrogens is 13. The number of hydrogen-bond acceptors (Lipinski definition) is 26. The minimum atomic E-state index is -4.56. The highest BCUT2D eigenvalue weighted by Crippen LogP contribution is 2.34. The van der Waals surface area contributed by atoms with E-state index in [-0.39, 0.29) is 84.6 Å². The Bertz CT molecular complexity index is 5390. The molecule has 13 aromatic heterocycles. The summed E-state index contributed by atoms with van der Waals surface area (Å²) in [6, 6.07) is 17.6. The first-order valence-corrected chi connectivity index (χ1v) is 35.8. The van der Waals surface area contributed by atoms with Crippen molar-refractivity contribution in [3.8, 4) is 0 Å². The Kier molecular flexibility index (Phi) is 28.2. The zero-order valence-corrected chi connectivity index (χ0v) is 61.4. The first-order chi connectivity index (χ1) is 53.0. The highest BCUT2D eigenvalue weighted by molar-refractivity contribution is 7.18. The molecule has 0 saturated heterocycles. The van der Waals surface area contributed by atoms with Crippen LogP contribution in [0.2, 0.25) is 10.6 Å². The van der Waals surface area contributed by atoms with Gasteiger partial charge in [0.15, 0.2) is 22.8 Å². The maximum Gasteiger partial charge on any atom is 0.433 e. The zero-order chi connectivity index (χ0) is 81.3. The molecule has 13 heterocycles. The third-order valence-electron chi connectivity index (χ3n) is 14.1. The highest BCUT2D eigenvalue weighted by Gasteiger charge is 2.36. The van der Waals surface area contributed by atoms with E-state index in [1.165, 1.54) is 75.7 Å². The molecule has 0 unspecified atom stereocenters. The molecule has 112 heavy (non-hydrogen) atoms. The predicted molar refractivity (Wildman–Crippen MR) is 383 cm³/mol. The predicted octanol–water partition coefficient (Wildman–Crippen LogP) is 16.7. The number of nitrogens with two attached hydrogens (primary N) is 1. The molecule has 6 N–H and O–H groups in total. The van der Waals surface area contributed by atoms with Crippen molar-refractivity contribution in [1.29, 1.82) is 0 Å². The number of hydrogen-bond donors (Lipinski definition) is 5. The molecule has 0 spiro atoms. The van der Waals surface area contributed by atoms with Crippen LogP contribution in [-0.2, 0) is 73.1 Å². The number of ether oxygens (including phenoxy) is 2. The Morgan fingerprint density at radius 3 is 0.929 bits per heavy atom. The number of carbonyl (C=O) groups is 4. The molecule has 0 aromatic carbocycles. The fourth-order valence-corrected chi connectivity index (χ4v) is 12.5. The largest absolute Gasteiger partial charge is 0.461 e. The van der Waals surface area contributed by atoms with Crippen LogP contribution < -0.4 is 27.0 Å². The van der Waals surface area contributed by atoms with E-state index < -0.39 is 83.1 Å². The van der Waals surface area contributed by atoms with Crippen LogP contribution in [0.4, 0.5) is 77.8 Å². The first kappa shape index (κ1) is 84.9. The third kappa shape index (κ3) is 23.5. The summed E-state index contributed by atoms with van der Waals surface area (Å²) in [5.74, 6) is -1.85. The topological polar surface area (TPSA) is 328 Å². The number of esters is 2. The number of thiophene rings is 4. The number of nitrogens with zero attached hydrogens (tertiary/aromatic N) is 13. The van der Waals surface area contributed by atoms with Gasteiger partial charge in [-0.2, -0.15) is 65.9 Å². The van der Waals surface area contributed by atoms with Crippen LogP contribution in [-0.4, -0.2) is 102 Å². The van der Waals surface area contributed by atoms with Crippen LogP contribution in [0.3, 0.4) is 0 Å². The highest BCUT2D eigenvalue weighted by atomic mass is 35.5. The maximum atomic E-state index is 12.8. The van der Waals surface area contributed by atoms with Crippen LogP contribution in [0.25, 0.3) is 40.9 Å². The number of alkyl halides is 15. The molecule has 0 fully saturated rings. The van der Waals surface area contributed by atoms with Gasteiger partial charge in [-0.25, -0.2) is 49.5 Å². The summed E-state index contributed by atoms with van der Waals surface area (Å²) in [5, 5.41) is 18.0. The van der Waals surface area contributed by atoms with Crippen LogP contribution >= 0.6 is 68.5 Å². The molecule has 45 heteroatoms. The van der Waals surface area contributed by atoms with Crippen molar-refractivity contribution in [2.24, 2.45) is 5.73 Å². The lowest BCUT2D eigenvalue weighted by Gasteiger charge is -2.10. The van der Waals surface area contributed by atoms with Crippen molar-refractivity contribution in [1.82, 2.24) is 75.4 Å². The third-order valence-corrected chi connectivity index (χ3v) is 18.1. The Hall–Kier alpha value is -11.1. The van der Waals surface area contributed by atoms with E-state index in [0.29, 0.717) is 75.3 Å². The van der Waals surface area contributed by atoms with Gasteiger partial charge in [-0.15, -0.1) is 45.3 Å². The number of nitrogens with one attached hydrogen (secondary N) is 4. The van der Waals surface area contributed by atoms with Crippen LogP contribution in [0.15, 0.2) is 137 Å². The smallest absolute Gasteiger partial charge is 0.433 e. The summed E-state index contributed by atoms with van der Waals surface area (Å²) in [7, 11) is 0. The van der Waals surface area contributed by atoms with Gasteiger partial charge in [-0.3, -0.25) is 34.5 Å². The van der Waals surface area contributed by atoms with Crippen molar-refractivity contribution in [2.45, 2.75) is 77.5 Å². The number of rotatable bonds is 17. The van der Waals surface area contributed by atoms with Gasteiger partial charge >= 0.3 is 42.8 Å². The second-order valence-corrected chi connectivity index (χ2v) is 26.3. The van der Waals surface area contributed by atoms with Gasteiger partial charge in [-0.1, -0.05) is 30.3 Å². The zero-order valence-electron chi connectivity index (χ0n) is 56.6. The van der Waals surface area contributed by atoms with Crippen molar-refractivity contribution in [3.05, 3.63) is 227 Å². The number of pyridine rings is 5. The van der Waals surface area contributed by atoms with Crippen molar-refractivity contribution >= 4 is 145 Å². The quantitative estimate of drug-likeness (QED) is 0.0321. The summed E-state index contributed by atoms with van der Waals surface area (Å²) in [6.45, 7) is 4.31. The summed E-state index contributed by atoms with van der Waals surface area (Å²) in [6.07, 6.45) is -17.0. The van der Waals surface area contributed by atoms with E-state index in [1.807, 2.05) is 5.38 Å². The molecular weight excluding hydrogens is 1640 g/mol. The fourth-order valence-electron chi connectivity index (χ4n) is 8.93. The number of amides is 2. The van der Waals surface area contributed by atoms with E-state index in [2.05, 4.69) is 86.1 Å². The van der Waals surface area contributed by atoms with E-state index in [1.54, 1.807) is 54.3 Å². The van der Waals surface area contributed by atoms with E-state index >= 15 is 0 Å². The summed E-state index contributed by atoms with van der Waals surface area (Å²) in [4.78, 5) is 98.1. The van der Waals surface area contributed by atoms with E-state index in [4.69, 9.17) is 38.4 Å². The van der Waals surface area contributed by atoms with Gasteiger partial charge in [0, 0.05) is 63.7 Å². The first-order valence-electron chi connectivity index (χ1n) is 31.5. The summed E-state index contributed by atoms with van der Waals surface area (Å²) in [5.41, 5.74) is 5.47. The summed E-state index contributed by atoms with van der Waals surface area (Å²) < 4.78 is 199. The molecule has 2 amide bonds. The van der Waals surface area contributed by atoms with E-state index in [0.717, 1.165) is 61.3 Å². The van der Waals surface area contributed by atoms with Gasteiger partial charge in [0.05, 0.1) is 54.1 Å². The molecule has 586 valence electrons. The second-order valence-electron chi connectivity index (χ2n) is 22.0. The fraction of sp³-hybridized carbons (Fsp3) is 0.209. The lowest BCUT2D eigenvalue weighted by molar-refractivity contribution is -0.142. The lowest BCUT2D eigenvalue weighted by Crippen LogP contribution is -2.24. The molecule has 0 atom stereocenters.